The largest absolute Gasteiger partial charge is 0.392 e. The number of rotatable bonds is 3. The van der Waals surface area contributed by atoms with E-state index in [4.69, 9.17) is 0 Å². The molecule has 2 aromatic rings. The Morgan fingerprint density at radius 3 is 2.65 bits per heavy atom. The molecule has 2 unspecified atom stereocenters. The second-order valence-electron chi connectivity index (χ2n) is 5.60. The molecule has 1 nitrogen and oxygen atoms in total. The van der Waals surface area contributed by atoms with E-state index < -0.39 is 0 Å². The number of halogens is 1. The van der Waals surface area contributed by atoms with Gasteiger partial charge in [-0.15, -0.1) is 0 Å². The molecular weight excluding hydrogens is 312 g/mol. The second kappa shape index (κ2) is 6.11. The van der Waals surface area contributed by atoms with Crippen molar-refractivity contribution in [1.29, 1.82) is 0 Å². The van der Waals surface area contributed by atoms with Gasteiger partial charge in [0.15, 0.2) is 0 Å². The van der Waals surface area contributed by atoms with Gasteiger partial charge in [0, 0.05) is 10.4 Å². The van der Waals surface area contributed by atoms with Crippen LogP contribution in [0.1, 0.15) is 35.4 Å². The van der Waals surface area contributed by atoms with Crippen LogP contribution >= 0.6 is 15.9 Å². The van der Waals surface area contributed by atoms with Gasteiger partial charge in [-0.05, 0) is 54.5 Å². The van der Waals surface area contributed by atoms with Gasteiger partial charge in [0.25, 0.3) is 0 Å². The average Bonchev–Trinajstić information content (AvgIpc) is 2.49. The van der Waals surface area contributed by atoms with Crippen LogP contribution in [0.15, 0.2) is 53.0 Å². The molecule has 0 aliphatic heterocycles. The lowest BCUT2D eigenvalue weighted by Crippen LogP contribution is -2.24. The topological polar surface area (TPSA) is 20.2 Å². The molecule has 0 radical (unpaired) electrons. The van der Waals surface area contributed by atoms with Gasteiger partial charge in [-0.2, -0.15) is 0 Å². The summed E-state index contributed by atoms with van der Waals surface area (Å²) in [5.74, 6) is 0.281. The van der Waals surface area contributed by atoms with Gasteiger partial charge in [0.2, 0.25) is 0 Å². The summed E-state index contributed by atoms with van der Waals surface area (Å²) >= 11 is 3.45. The SMILES string of the molecule is OC(Cc1ccc(Br)cc1)C1CCCc2ccccc21. The van der Waals surface area contributed by atoms with Crippen molar-refractivity contribution >= 4 is 15.9 Å². The predicted octanol–water partition coefficient (Wildman–Crippen LogP) is 4.47. The van der Waals surface area contributed by atoms with Crippen molar-refractivity contribution in [2.45, 2.75) is 37.7 Å². The highest BCUT2D eigenvalue weighted by Gasteiger charge is 2.26. The van der Waals surface area contributed by atoms with Gasteiger partial charge in [-0.3, -0.25) is 0 Å². The van der Waals surface area contributed by atoms with Crippen molar-refractivity contribution in [3.8, 4) is 0 Å². The molecule has 1 aliphatic rings. The maximum Gasteiger partial charge on any atom is 0.0649 e. The van der Waals surface area contributed by atoms with Crippen molar-refractivity contribution in [2.24, 2.45) is 0 Å². The molecule has 0 amide bonds. The summed E-state index contributed by atoms with van der Waals surface area (Å²) in [6, 6.07) is 16.8. The van der Waals surface area contributed by atoms with Crippen LogP contribution in [0.3, 0.4) is 0 Å². The third-order valence-electron chi connectivity index (χ3n) is 4.24. The summed E-state index contributed by atoms with van der Waals surface area (Å²) in [6.45, 7) is 0. The van der Waals surface area contributed by atoms with Crippen molar-refractivity contribution in [3.05, 3.63) is 69.7 Å². The Morgan fingerprint density at radius 1 is 1.10 bits per heavy atom. The molecular formula is C18H19BrO. The Balaban J connectivity index is 1.78. The zero-order valence-corrected chi connectivity index (χ0v) is 13.0. The lowest BCUT2D eigenvalue weighted by atomic mass is 9.78. The van der Waals surface area contributed by atoms with Gasteiger partial charge in [-0.1, -0.05) is 52.3 Å². The zero-order chi connectivity index (χ0) is 13.9. The van der Waals surface area contributed by atoms with E-state index in [1.807, 2.05) is 12.1 Å². The van der Waals surface area contributed by atoms with Crippen LogP contribution < -0.4 is 0 Å². The fourth-order valence-corrected chi connectivity index (χ4v) is 3.46. The minimum atomic E-state index is -0.294. The summed E-state index contributed by atoms with van der Waals surface area (Å²) in [4.78, 5) is 0. The first-order chi connectivity index (χ1) is 9.74. The number of benzene rings is 2. The molecule has 1 N–H and O–H groups in total. The lowest BCUT2D eigenvalue weighted by molar-refractivity contribution is 0.134. The number of aliphatic hydroxyl groups is 1. The quantitative estimate of drug-likeness (QED) is 0.880. The van der Waals surface area contributed by atoms with Gasteiger partial charge >= 0.3 is 0 Å². The highest BCUT2D eigenvalue weighted by Crippen LogP contribution is 2.35. The van der Waals surface area contributed by atoms with Gasteiger partial charge in [0.05, 0.1) is 6.10 Å². The van der Waals surface area contributed by atoms with Gasteiger partial charge in [0.1, 0.15) is 0 Å². The van der Waals surface area contributed by atoms with Crippen LogP contribution in [0.5, 0.6) is 0 Å². The molecule has 0 saturated carbocycles. The van der Waals surface area contributed by atoms with Crippen molar-refractivity contribution in [1.82, 2.24) is 0 Å². The van der Waals surface area contributed by atoms with Crippen LogP contribution in [-0.4, -0.2) is 11.2 Å². The zero-order valence-electron chi connectivity index (χ0n) is 11.4. The van der Waals surface area contributed by atoms with E-state index in [1.54, 1.807) is 0 Å². The fourth-order valence-electron chi connectivity index (χ4n) is 3.20. The second-order valence-corrected chi connectivity index (χ2v) is 6.51. The minimum Gasteiger partial charge on any atom is -0.392 e. The average molecular weight is 331 g/mol. The normalized spacial score (nSPS) is 19.4. The van der Waals surface area contributed by atoms with Crippen molar-refractivity contribution < 1.29 is 5.11 Å². The van der Waals surface area contributed by atoms with Crippen LogP contribution in [0.4, 0.5) is 0 Å². The first-order valence-corrected chi connectivity index (χ1v) is 8.03. The monoisotopic (exact) mass is 330 g/mol. The van der Waals surface area contributed by atoms with Crippen molar-refractivity contribution in [3.63, 3.8) is 0 Å². The van der Waals surface area contributed by atoms with Crippen LogP contribution in [0.25, 0.3) is 0 Å². The first kappa shape index (κ1) is 13.8. The van der Waals surface area contributed by atoms with Crippen LogP contribution in [0.2, 0.25) is 0 Å². The fraction of sp³-hybridized carbons (Fsp3) is 0.333. The molecule has 0 heterocycles. The molecule has 2 atom stereocenters. The Hall–Kier alpha value is -1.12. The highest BCUT2D eigenvalue weighted by molar-refractivity contribution is 9.10. The molecule has 0 aromatic heterocycles. The van der Waals surface area contributed by atoms with Gasteiger partial charge in [-0.25, -0.2) is 0 Å². The summed E-state index contributed by atoms with van der Waals surface area (Å²) in [5, 5.41) is 10.6. The lowest BCUT2D eigenvalue weighted by Gasteiger charge is -2.29. The van der Waals surface area contributed by atoms with Crippen LogP contribution in [-0.2, 0) is 12.8 Å². The Bertz CT molecular complexity index is 576. The molecule has 0 fully saturated rings. The number of aliphatic hydroxyl groups excluding tert-OH is 1. The summed E-state index contributed by atoms with van der Waals surface area (Å²) < 4.78 is 1.08. The molecule has 1 aliphatic carbocycles. The Morgan fingerprint density at radius 2 is 1.85 bits per heavy atom. The molecule has 0 spiro atoms. The van der Waals surface area contributed by atoms with E-state index in [2.05, 4.69) is 52.3 Å². The molecule has 3 rings (SSSR count). The Kier molecular flexibility index (Phi) is 4.23. The number of fused-ring (bicyclic) bond motifs is 1. The van der Waals surface area contributed by atoms with Gasteiger partial charge < -0.3 is 5.11 Å². The summed E-state index contributed by atoms with van der Waals surface area (Å²) in [5.41, 5.74) is 3.96. The molecule has 0 bridgehead atoms. The molecule has 104 valence electrons. The number of aryl methyl sites for hydroxylation is 1. The maximum atomic E-state index is 10.6. The third kappa shape index (κ3) is 2.97. The Labute approximate surface area is 128 Å². The van der Waals surface area contributed by atoms with E-state index in [0.717, 1.165) is 23.7 Å². The number of hydrogen-bond acceptors (Lipinski definition) is 1. The predicted molar refractivity (Wildman–Crippen MR) is 86.0 cm³/mol. The van der Waals surface area contributed by atoms with E-state index >= 15 is 0 Å². The highest BCUT2D eigenvalue weighted by atomic mass is 79.9. The third-order valence-corrected chi connectivity index (χ3v) is 4.77. The minimum absolute atomic E-state index is 0.281. The smallest absolute Gasteiger partial charge is 0.0649 e. The summed E-state index contributed by atoms with van der Waals surface area (Å²) in [7, 11) is 0. The summed E-state index contributed by atoms with van der Waals surface area (Å²) in [6.07, 6.45) is 3.86. The molecule has 20 heavy (non-hydrogen) atoms. The number of hydrogen-bond donors (Lipinski definition) is 1. The standard InChI is InChI=1S/C18H19BrO/c19-15-10-8-13(9-11-15)12-18(20)17-7-3-5-14-4-1-2-6-16(14)17/h1-2,4,6,8-11,17-18,20H,3,5,7,12H2. The molecule has 0 saturated heterocycles. The van der Waals surface area contributed by atoms with E-state index in [-0.39, 0.29) is 12.0 Å². The van der Waals surface area contributed by atoms with E-state index in [0.29, 0.717) is 0 Å². The molecule has 2 heteroatoms. The molecule has 2 aromatic carbocycles. The van der Waals surface area contributed by atoms with E-state index in [9.17, 15) is 5.11 Å². The van der Waals surface area contributed by atoms with Crippen LogP contribution in [0, 0.1) is 0 Å². The van der Waals surface area contributed by atoms with Crippen molar-refractivity contribution in [2.75, 3.05) is 0 Å². The maximum absolute atomic E-state index is 10.6. The first-order valence-electron chi connectivity index (χ1n) is 7.24. The van der Waals surface area contributed by atoms with E-state index in [1.165, 1.54) is 23.1 Å².